The molecule has 26 heavy (non-hydrogen) atoms. The average Bonchev–Trinajstić information content (AvgIpc) is 3.03. The van der Waals surface area contributed by atoms with E-state index in [1.807, 2.05) is 51.1 Å². The molecular formula is C21H20O5. The number of benzene rings is 2. The molecule has 3 rings (SSSR count). The third kappa shape index (κ3) is 3.94. The van der Waals surface area contributed by atoms with Gasteiger partial charge in [-0.15, -0.1) is 0 Å². The van der Waals surface area contributed by atoms with Gasteiger partial charge in [-0.3, -0.25) is 4.79 Å². The lowest BCUT2D eigenvalue weighted by molar-refractivity contribution is -0.144. The standard InChI is InChI=1S/C21H20O5/c1-13-8-14(2)21(15(3)9-13)25-12-20(23)24-11-17(22)19-10-16-6-4-5-7-18(16)26-19/h4-10H,11-12H2,1-3H3. The molecule has 0 spiro atoms. The first kappa shape index (κ1) is 17.7. The van der Waals surface area contributed by atoms with Crippen LogP contribution in [-0.2, 0) is 9.53 Å². The van der Waals surface area contributed by atoms with Crippen LogP contribution < -0.4 is 4.74 Å². The summed E-state index contributed by atoms with van der Waals surface area (Å²) >= 11 is 0. The summed E-state index contributed by atoms with van der Waals surface area (Å²) in [6.07, 6.45) is 0. The predicted octanol–water partition coefficient (Wildman–Crippen LogP) is 4.16. The molecule has 2 aromatic carbocycles. The Balaban J connectivity index is 1.55. The van der Waals surface area contributed by atoms with Crippen LogP contribution >= 0.6 is 0 Å². The van der Waals surface area contributed by atoms with Crippen LogP contribution in [0.2, 0.25) is 0 Å². The van der Waals surface area contributed by atoms with E-state index >= 15 is 0 Å². The van der Waals surface area contributed by atoms with Gasteiger partial charge in [0.15, 0.2) is 19.0 Å². The Hall–Kier alpha value is -3.08. The highest BCUT2D eigenvalue weighted by molar-refractivity contribution is 5.99. The minimum absolute atomic E-state index is 0.171. The minimum Gasteiger partial charge on any atom is -0.481 e. The van der Waals surface area contributed by atoms with Crippen molar-refractivity contribution in [3.8, 4) is 5.75 Å². The summed E-state index contributed by atoms with van der Waals surface area (Å²) in [5, 5.41) is 0.829. The first-order valence-corrected chi connectivity index (χ1v) is 8.32. The van der Waals surface area contributed by atoms with Gasteiger partial charge in [-0.1, -0.05) is 35.9 Å². The van der Waals surface area contributed by atoms with Crippen LogP contribution in [0.1, 0.15) is 27.2 Å². The quantitative estimate of drug-likeness (QED) is 0.492. The molecule has 0 aliphatic carbocycles. The highest BCUT2D eigenvalue weighted by Crippen LogP contribution is 2.24. The van der Waals surface area contributed by atoms with E-state index in [2.05, 4.69) is 0 Å². The molecule has 0 radical (unpaired) electrons. The van der Waals surface area contributed by atoms with Gasteiger partial charge in [-0.2, -0.15) is 0 Å². The predicted molar refractivity (Wildman–Crippen MR) is 97.7 cm³/mol. The summed E-state index contributed by atoms with van der Waals surface area (Å²) in [6, 6.07) is 12.9. The van der Waals surface area contributed by atoms with Crippen LogP contribution in [0.25, 0.3) is 11.0 Å². The highest BCUT2D eigenvalue weighted by atomic mass is 16.6. The van der Waals surface area contributed by atoms with E-state index in [9.17, 15) is 9.59 Å². The zero-order valence-electron chi connectivity index (χ0n) is 15.0. The summed E-state index contributed by atoms with van der Waals surface area (Å²) < 4.78 is 16.0. The molecule has 0 saturated carbocycles. The minimum atomic E-state index is -0.603. The number of Topliss-reactive ketones (excluding diaryl/α,β-unsaturated/α-hetero) is 1. The van der Waals surface area contributed by atoms with E-state index in [0.717, 1.165) is 22.1 Å². The van der Waals surface area contributed by atoms with Gasteiger partial charge in [-0.25, -0.2) is 4.79 Å². The first-order valence-electron chi connectivity index (χ1n) is 8.32. The lowest BCUT2D eigenvalue weighted by Crippen LogP contribution is -2.19. The second kappa shape index (κ2) is 7.44. The highest BCUT2D eigenvalue weighted by Gasteiger charge is 2.15. The maximum Gasteiger partial charge on any atom is 0.344 e. The number of furan rings is 1. The molecule has 0 aliphatic rings. The monoisotopic (exact) mass is 352 g/mol. The number of esters is 1. The Bertz CT molecular complexity index is 911. The Labute approximate surface area is 151 Å². The van der Waals surface area contributed by atoms with Crippen molar-refractivity contribution < 1.29 is 23.5 Å². The third-order valence-corrected chi connectivity index (χ3v) is 4.00. The van der Waals surface area contributed by atoms with Crippen molar-refractivity contribution in [3.63, 3.8) is 0 Å². The maximum atomic E-state index is 12.1. The van der Waals surface area contributed by atoms with Crippen LogP contribution in [0.3, 0.4) is 0 Å². The summed E-state index contributed by atoms with van der Waals surface area (Å²) in [7, 11) is 0. The SMILES string of the molecule is Cc1cc(C)c(OCC(=O)OCC(=O)c2cc3ccccc3o2)c(C)c1. The number of para-hydroxylation sites is 1. The molecule has 1 heterocycles. The van der Waals surface area contributed by atoms with E-state index < -0.39 is 11.8 Å². The number of fused-ring (bicyclic) bond motifs is 1. The third-order valence-electron chi connectivity index (χ3n) is 4.00. The fraction of sp³-hybridized carbons (Fsp3) is 0.238. The van der Waals surface area contributed by atoms with Gasteiger partial charge in [0.25, 0.3) is 0 Å². The molecule has 0 N–H and O–H groups in total. The van der Waals surface area contributed by atoms with Gasteiger partial charge in [0.05, 0.1) is 0 Å². The number of aryl methyl sites for hydroxylation is 3. The zero-order valence-corrected chi connectivity index (χ0v) is 15.0. The number of ketones is 1. The fourth-order valence-corrected chi connectivity index (χ4v) is 2.90. The van der Waals surface area contributed by atoms with E-state index in [-0.39, 0.29) is 19.0 Å². The van der Waals surface area contributed by atoms with E-state index in [4.69, 9.17) is 13.9 Å². The fourth-order valence-electron chi connectivity index (χ4n) is 2.90. The Morgan fingerprint density at radius 2 is 1.65 bits per heavy atom. The maximum absolute atomic E-state index is 12.1. The number of ether oxygens (including phenoxy) is 2. The number of rotatable bonds is 6. The second-order valence-corrected chi connectivity index (χ2v) is 6.25. The van der Waals surface area contributed by atoms with Gasteiger partial charge in [-0.05, 0) is 44.0 Å². The summed E-state index contributed by atoms with van der Waals surface area (Å²) in [4.78, 5) is 24.0. The number of hydrogen-bond acceptors (Lipinski definition) is 5. The number of hydrogen-bond donors (Lipinski definition) is 0. The molecule has 0 bridgehead atoms. The molecular weight excluding hydrogens is 332 g/mol. The lowest BCUT2D eigenvalue weighted by atomic mass is 10.1. The first-order chi connectivity index (χ1) is 12.4. The Kier molecular flexibility index (Phi) is 5.07. The van der Waals surface area contributed by atoms with Crippen molar-refractivity contribution in [2.75, 3.05) is 13.2 Å². The van der Waals surface area contributed by atoms with Gasteiger partial charge >= 0.3 is 5.97 Å². The van der Waals surface area contributed by atoms with E-state index in [0.29, 0.717) is 11.3 Å². The van der Waals surface area contributed by atoms with Crippen LogP contribution in [0.15, 0.2) is 46.9 Å². The van der Waals surface area contributed by atoms with E-state index in [1.54, 1.807) is 12.1 Å². The summed E-state index contributed by atoms with van der Waals surface area (Å²) in [6.45, 7) is 5.21. The molecule has 5 nitrogen and oxygen atoms in total. The molecule has 0 aliphatic heterocycles. The van der Waals surface area contributed by atoms with Crippen LogP contribution in [0.5, 0.6) is 5.75 Å². The zero-order chi connectivity index (χ0) is 18.7. The molecule has 0 fully saturated rings. The van der Waals surface area contributed by atoms with Gasteiger partial charge in [0.2, 0.25) is 5.78 Å². The normalized spacial score (nSPS) is 10.7. The van der Waals surface area contributed by atoms with Crippen molar-refractivity contribution in [1.29, 1.82) is 0 Å². The molecule has 134 valence electrons. The molecule has 0 unspecified atom stereocenters. The van der Waals surface area contributed by atoms with Crippen molar-refractivity contribution in [3.05, 3.63) is 64.9 Å². The topological polar surface area (TPSA) is 65.7 Å². The van der Waals surface area contributed by atoms with Gasteiger partial charge in [0, 0.05) is 5.39 Å². The average molecular weight is 352 g/mol. The molecule has 0 amide bonds. The summed E-state index contributed by atoms with van der Waals surface area (Å²) in [5.74, 6) is -0.160. The van der Waals surface area contributed by atoms with Crippen molar-refractivity contribution in [1.82, 2.24) is 0 Å². The van der Waals surface area contributed by atoms with Gasteiger partial charge < -0.3 is 13.9 Å². The van der Waals surface area contributed by atoms with E-state index in [1.165, 1.54) is 0 Å². The molecule has 0 saturated heterocycles. The van der Waals surface area contributed by atoms with Crippen LogP contribution in [0, 0.1) is 20.8 Å². The van der Waals surface area contributed by atoms with Gasteiger partial charge in [0.1, 0.15) is 11.3 Å². The molecule has 5 heteroatoms. The smallest absolute Gasteiger partial charge is 0.344 e. The lowest BCUT2D eigenvalue weighted by Gasteiger charge is -2.12. The largest absolute Gasteiger partial charge is 0.481 e. The second-order valence-electron chi connectivity index (χ2n) is 6.25. The van der Waals surface area contributed by atoms with Crippen LogP contribution in [0.4, 0.5) is 0 Å². The number of carbonyl (C=O) groups excluding carboxylic acids is 2. The number of carbonyl (C=O) groups is 2. The molecule has 1 aromatic heterocycles. The van der Waals surface area contributed by atoms with Crippen molar-refractivity contribution >= 4 is 22.7 Å². The molecule has 0 atom stereocenters. The Morgan fingerprint density at radius 1 is 0.962 bits per heavy atom. The molecule has 3 aromatic rings. The van der Waals surface area contributed by atoms with Crippen molar-refractivity contribution in [2.24, 2.45) is 0 Å². The van der Waals surface area contributed by atoms with Crippen LogP contribution in [-0.4, -0.2) is 25.0 Å². The summed E-state index contributed by atoms with van der Waals surface area (Å²) in [5.41, 5.74) is 3.66. The Morgan fingerprint density at radius 3 is 2.35 bits per heavy atom. The van der Waals surface area contributed by atoms with Crippen molar-refractivity contribution in [2.45, 2.75) is 20.8 Å².